The third-order valence-corrected chi connectivity index (χ3v) is 6.59. The Labute approximate surface area is 217 Å². The van der Waals surface area contributed by atoms with Gasteiger partial charge in [0.1, 0.15) is 5.82 Å². The van der Waals surface area contributed by atoms with Gasteiger partial charge >= 0.3 is 0 Å². The molecule has 3 aromatic rings. The number of hydrogen-bond donors (Lipinski definition) is 1. The predicted molar refractivity (Wildman–Crippen MR) is 143 cm³/mol. The van der Waals surface area contributed by atoms with E-state index in [4.69, 9.17) is 29.7 Å². The van der Waals surface area contributed by atoms with Gasteiger partial charge in [-0.1, -0.05) is 26.0 Å². The molecule has 4 rings (SSSR count). The van der Waals surface area contributed by atoms with E-state index in [0.717, 1.165) is 5.56 Å². The zero-order valence-electron chi connectivity index (χ0n) is 22.3. The van der Waals surface area contributed by atoms with Gasteiger partial charge in [0.25, 0.3) is 5.91 Å². The molecule has 1 amide bonds. The van der Waals surface area contributed by atoms with Crippen LogP contribution in [0, 0.1) is 0 Å². The van der Waals surface area contributed by atoms with Gasteiger partial charge in [-0.25, -0.2) is 4.98 Å². The van der Waals surface area contributed by atoms with Crippen molar-refractivity contribution >= 4 is 28.6 Å². The summed E-state index contributed by atoms with van der Waals surface area (Å²) in [5, 5.41) is 0.693. The Bertz CT molecular complexity index is 1270. The van der Waals surface area contributed by atoms with Crippen molar-refractivity contribution < 1.29 is 23.7 Å². The molecular formula is C27H35N5O5. The number of hydrogen-bond acceptors (Lipinski definition) is 9. The molecule has 198 valence electrons. The Kier molecular flexibility index (Phi) is 7.75. The largest absolute Gasteiger partial charge is 0.493 e. The number of methoxy groups -OCH3 is 3. The number of nitrogens with two attached hydrogens (primary N) is 1. The van der Waals surface area contributed by atoms with Crippen molar-refractivity contribution in [2.45, 2.75) is 32.8 Å². The van der Waals surface area contributed by atoms with E-state index in [-0.39, 0.29) is 11.8 Å². The van der Waals surface area contributed by atoms with E-state index in [1.165, 1.54) is 0 Å². The number of rotatable bonds is 8. The summed E-state index contributed by atoms with van der Waals surface area (Å²) in [4.78, 5) is 26.3. The topological polar surface area (TPSA) is 112 Å². The predicted octanol–water partition coefficient (Wildman–Crippen LogP) is 3.48. The van der Waals surface area contributed by atoms with E-state index >= 15 is 0 Å². The van der Waals surface area contributed by atoms with Gasteiger partial charge in [-0.3, -0.25) is 4.79 Å². The fraction of sp³-hybridized carbons (Fsp3) is 0.444. The summed E-state index contributed by atoms with van der Waals surface area (Å²) in [7, 11) is 4.75. The highest BCUT2D eigenvalue weighted by Gasteiger charge is 2.29. The number of anilines is 2. The highest BCUT2D eigenvalue weighted by Crippen LogP contribution is 2.37. The number of aromatic nitrogens is 2. The Morgan fingerprint density at radius 1 is 0.919 bits per heavy atom. The lowest BCUT2D eigenvalue weighted by Gasteiger charge is -2.36. The second-order valence-electron chi connectivity index (χ2n) is 9.24. The van der Waals surface area contributed by atoms with Gasteiger partial charge in [0.2, 0.25) is 5.95 Å². The van der Waals surface area contributed by atoms with Crippen LogP contribution in [0.3, 0.4) is 0 Å². The van der Waals surface area contributed by atoms with Crippen molar-refractivity contribution in [3.05, 3.63) is 35.9 Å². The SMILES string of the molecule is COc1cc2nc(N3CCN(C(=O)C(C)Oc4c(OC)cccc4C(C)C)CC3)nc(N)c2cc1OC. The third kappa shape index (κ3) is 5.28. The highest BCUT2D eigenvalue weighted by molar-refractivity contribution is 5.91. The van der Waals surface area contributed by atoms with Crippen LogP contribution in [0.4, 0.5) is 11.8 Å². The third-order valence-electron chi connectivity index (χ3n) is 6.59. The van der Waals surface area contributed by atoms with Crippen LogP contribution in [0.2, 0.25) is 0 Å². The Balaban J connectivity index is 1.46. The van der Waals surface area contributed by atoms with Crippen LogP contribution >= 0.6 is 0 Å². The summed E-state index contributed by atoms with van der Waals surface area (Å²) in [6.07, 6.45) is -0.657. The van der Waals surface area contributed by atoms with Crippen molar-refractivity contribution in [2.24, 2.45) is 0 Å². The number of nitrogens with zero attached hydrogens (tertiary/aromatic N) is 4. The quantitative estimate of drug-likeness (QED) is 0.488. The minimum absolute atomic E-state index is 0.0731. The van der Waals surface area contributed by atoms with Crippen molar-refractivity contribution in [3.63, 3.8) is 0 Å². The van der Waals surface area contributed by atoms with E-state index in [9.17, 15) is 4.79 Å². The molecule has 0 bridgehead atoms. The first kappa shape index (κ1) is 26.1. The van der Waals surface area contributed by atoms with Gasteiger partial charge in [-0.05, 0) is 25.0 Å². The molecule has 1 atom stereocenters. The number of para-hydroxylation sites is 1. The monoisotopic (exact) mass is 509 g/mol. The number of piperazine rings is 1. The molecule has 2 N–H and O–H groups in total. The van der Waals surface area contributed by atoms with Crippen molar-refractivity contribution in [2.75, 3.05) is 58.1 Å². The smallest absolute Gasteiger partial charge is 0.263 e. The standard InChI is InChI=1S/C27H35N5O5/c1-16(2)18-8-7-9-21(34-4)24(18)37-17(3)26(33)31-10-12-32(13-11-31)27-29-20-15-23(36-6)22(35-5)14-19(20)25(28)30-27/h7-9,14-17H,10-13H2,1-6H3,(H2,28,29,30). The van der Waals surface area contributed by atoms with Crippen LogP contribution in [0.1, 0.15) is 32.3 Å². The van der Waals surface area contributed by atoms with E-state index < -0.39 is 6.10 Å². The molecule has 37 heavy (non-hydrogen) atoms. The van der Waals surface area contributed by atoms with E-state index in [1.807, 2.05) is 28.0 Å². The lowest BCUT2D eigenvalue weighted by Crippen LogP contribution is -2.52. The molecular weight excluding hydrogens is 474 g/mol. The van der Waals surface area contributed by atoms with Crippen LogP contribution in [0.25, 0.3) is 10.9 Å². The van der Waals surface area contributed by atoms with E-state index in [0.29, 0.717) is 71.8 Å². The van der Waals surface area contributed by atoms with Gasteiger partial charge in [-0.15, -0.1) is 0 Å². The number of benzene rings is 2. The molecule has 0 aliphatic carbocycles. The summed E-state index contributed by atoms with van der Waals surface area (Å²) in [5.74, 6) is 3.41. The maximum atomic E-state index is 13.3. The number of ether oxygens (including phenoxy) is 4. The summed E-state index contributed by atoms with van der Waals surface area (Å²) >= 11 is 0. The molecule has 1 aromatic heterocycles. The van der Waals surface area contributed by atoms with Gasteiger partial charge < -0.3 is 34.5 Å². The second kappa shape index (κ2) is 11.0. The second-order valence-corrected chi connectivity index (χ2v) is 9.24. The molecule has 1 aliphatic heterocycles. The van der Waals surface area contributed by atoms with Crippen LogP contribution in [0.5, 0.6) is 23.0 Å². The highest BCUT2D eigenvalue weighted by atomic mass is 16.5. The molecule has 0 spiro atoms. The minimum atomic E-state index is -0.657. The summed E-state index contributed by atoms with van der Waals surface area (Å²) in [5.41, 5.74) is 7.93. The Hall–Kier alpha value is -3.95. The van der Waals surface area contributed by atoms with Crippen LogP contribution in [-0.2, 0) is 4.79 Å². The number of fused-ring (bicyclic) bond motifs is 1. The van der Waals surface area contributed by atoms with E-state index in [2.05, 4.69) is 18.8 Å². The van der Waals surface area contributed by atoms with Crippen molar-refractivity contribution in [1.29, 1.82) is 0 Å². The van der Waals surface area contributed by atoms with Crippen LogP contribution < -0.4 is 29.6 Å². The lowest BCUT2D eigenvalue weighted by molar-refractivity contribution is -0.138. The molecule has 1 fully saturated rings. The first-order chi connectivity index (χ1) is 17.8. The number of carbonyl (C=O) groups excluding carboxylic acids is 1. The van der Waals surface area contributed by atoms with Gasteiger partial charge in [0.05, 0.1) is 26.8 Å². The number of nitrogen functional groups attached to an aromatic ring is 1. The fourth-order valence-electron chi connectivity index (χ4n) is 4.49. The molecule has 1 saturated heterocycles. The Morgan fingerprint density at radius 3 is 2.19 bits per heavy atom. The zero-order chi connectivity index (χ0) is 26.7. The maximum absolute atomic E-state index is 13.3. The van der Waals surface area contributed by atoms with Crippen LogP contribution in [-0.4, -0.2) is 74.4 Å². The average Bonchev–Trinajstić information content (AvgIpc) is 2.91. The van der Waals surface area contributed by atoms with Crippen molar-refractivity contribution in [1.82, 2.24) is 14.9 Å². The first-order valence-electron chi connectivity index (χ1n) is 12.3. The lowest BCUT2D eigenvalue weighted by atomic mass is 10.0. The average molecular weight is 510 g/mol. The summed E-state index contributed by atoms with van der Waals surface area (Å²) < 4.78 is 22.4. The fourth-order valence-corrected chi connectivity index (χ4v) is 4.49. The van der Waals surface area contributed by atoms with E-state index in [1.54, 1.807) is 40.4 Å². The Morgan fingerprint density at radius 2 is 1.57 bits per heavy atom. The maximum Gasteiger partial charge on any atom is 0.263 e. The molecule has 10 nitrogen and oxygen atoms in total. The molecule has 1 unspecified atom stereocenters. The van der Waals surface area contributed by atoms with Gasteiger partial charge in [0.15, 0.2) is 29.1 Å². The number of amides is 1. The molecule has 1 aliphatic rings. The summed E-state index contributed by atoms with van der Waals surface area (Å²) in [6.45, 7) is 8.12. The molecule has 2 heterocycles. The van der Waals surface area contributed by atoms with Crippen LogP contribution in [0.15, 0.2) is 30.3 Å². The van der Waals surface area contributed by atoms with Gasteiger partial charge in [-0.2, -0.15) is 4.98 Å². The minimum Gasteiger partial charge on any atom is -0.493 e. The van der Waals surface area contributed by atoms with Crippen molar-refractivity contribution in [3.8, 4) is 23.0 Å². The molecule has 0 saturated carbocycles. The van der Waals surface area contributed by atoms with Gasteiger partial charge in [0, 0.05) is 43.2 Å². The number of carbonyl (C=O) groups is 1. The zero-order valence-corrected chi connectivity index (χ0v) is 22.3. The first-order valence-corrected chi connectivity index (χ1v) is 12.3. The summed E-state index contributed by atoms with van der Waals surface area (Å²) in [6, 6.07) is 9.34. The molecule has 0 radical (unpaired) electrons. The molecule has 2 aromatic carbocycles. The normalized spacial score (nSPS) is 14.6. The molecule has 10 heteroatoms.